The van der Waals surface area contributed by atoms with E-state index in [1.54, 1.807) is 0 Å². The van der Waals surface area contributed by atoms with E-state index < -0.39 is 0 Å². The Balaban J connectivity index is 1.43. The number of benzene rings is 2. The molecule has 0 saturated carbocycles. The number of nitrogens with zero attached hydrogens (tertiary/aromatic N) is 2. The van der Waals surface area contributed by atoms with E-state index in [0.717, 1.165) is 11.1 Å². The normalized spacial score (nSPS) is 22.8. The Hall–Kier alpha value is -2.82. The maximum absolute atomic E-state index is 5.60. The summed E-state index contributed by atoms with van der Waals surface area (Å²) >= 11 is 0. The van der Waals surface area contributed by atoms with E-state index in [1.165, 1.54) is 0 Å². The largest absolute Gasteiger partial charge is 0.462 e. The monoisotopic (exact) mass is 307 g/mol. The molecular formula is C18H17N3O2. The van der Waals surface area contributed by atoms with Gasteiger partial charge in [0, 0.05) is 0 Å². The van der Waals surface area contributed by atoms with Crippen LogP contribution in [0.3, 0.4) is 0 Å². The molecule has 0 radical (unpaired) electrons. The van der Waals surface area contributed by atoms with Crippen LogP contribution in [0.2, 0.25) is 0 Å². The van der Waals surface area contributed by atoms with Crippen LogP contribution in [0.1, 0.15) is 23.2 Å². The van der Waals surface area contributed by atoms with E-state index in [-0.39, 0.29) is 12.1 Å². The van der Waals surface area contributed by atoms with Gasteiger partial charge in [-0.25, -0.2) is 9.98 Å². The molecule has 2 aliphatic heterocycles. The van der Waals surface area contributed by atoms with Gasteiger partial charge in [-0.3, -0.25) is 5.32 Å². The fourth-order valence-electron chi connectivity index (χ4n) is 2.67. The molecule has 0 aliphatic carbocycles. The summed E-state index contributed by atoms with van der Waals surface area (Å²) < 4.78 is 11.2. The zero-order chi connectivity index (χ0) is 15.5. The third-order valence-electron chi connectivity index (χ3n) is 3.88. The predicted octanol–water partition coefficient (Wildman–Crippen LogP) is 2.83. The van der Waals surface area contributed by atoms with Crippen LogP contribution in [0.4, 0.5) is 0 Å². The van der Waals surface area contributed by atoms with Crippen molar-refractivity contribution in [3.8, 4) is 0 Å². The third kappa shape index (κ3) is 3.04. The number of nitrogens with one attached hydrogen (secondary N) is 1. The van der Waals surface area contributed by atoms with Gasteiger partial charge in [0.2, 0.25) is 0 Å². The average Bonchev–Trinajstić information content (AvgIpc) is 3.27. The van der Waals surface area contributed by atoms with Gasteiger partial charge in [0.25, 0.3) is 12.0 Å². The molecule has 0 amide bonds. The molecule has 2 heterocycles. The van der Waals surface area contributed by atoms with Crippen LogP contribution >= 0.6 is 0 Å². The van der Waals surface area contributed by atoms with Crippen LogP contribution < -0.4 is 5.32 Å². The van der Waals surface area contributed by atoms with E-state index in [1.807, 2.05) is 36.4 Å². The van der Waals surface area contributed by atoms with Gasteiger partial charge in [0.15, 0.2) is 0 Å². The topological polar surface area (TPSA) is 55.2 Å². The molecule has 2 unspecified atom stereocenters. The Morgan fingerprint density at radius 1 is 0.696 bits per heavy atom. The van der Waals surface area contributed by atoms with Crippen molar-refractivity contribution in [3.63, 3.8) is 0 Å². The highest BCUT2D eigenvalue weighted by Gasteiger charge is 2.25. The number of hydrogen-bond acceptors (Lipinski definition) is 5. The molecule has 1 N–H and O–H groups in total. The second kappa shape index (κ2) is 6.12. The molecule has 5 heteroatoms. The maximum atomic E-state index is 5.60. The number of ether oxygens (including phenoxy) is 2. The Labute approximate surface area is 134 Å². The average molecular weight is 307 g/mol. The summed E-state index contributed by atoms with van der Waals surface area (Å²) in [4.78, 5) is 9.08. The van der Waals surface area contributed by atoms with Crippen LogP contribution in [0, 0.1) is 0 Å². The molecule has 0 fully saturated rings. The summed E-state index contributed by atoms with van der Waals surface area (Å²) in [5.74, 6) is 0. The zero-order valence-electron chi connectivity index (χ0n) is 12.6. The van der Waals surface area contributed by atoms with Crippen LogP contribution in [-0.4, -0.2) is 25.3 Å². The molecule has 2 aromatic rings. The molecule has 2 aliphatic rings. The first-order valence-corrected chi connectivity index (χ1v) is 7.66. The second-order valence-electron chi connectivity index (χ2n) is 5.47. The van der Waals surface area contributed by atoms with Crippen molar-refractivity contribution in [1.82, 2.24) is 5.32 Å². The summed E-state index contributed by atoms with van der Waals surface area (Å²) in [6.45, 7) is 1.06. The Morgan fingerprint density at radius 2 is 1.13 bits per heavy atom. The molecular weight excluding hydrogens is 290 g/mol. The fourth-order valence-corrected chi connectivity index (χ4v) is 2.67. The molecule has 0 saturated heterocycles. The van der Waals surface area contributed by atoms with Gasteiger partial charge in [-0.1, -0.05) is 60.7 Å². The van der Waals surface area contributed by atoms with Crippen molar-refractivity contribution in [2.45, 2.75) is 12.1 Å². The van der Waals surface area contributed by atoms with Crippen molar-refractivity contribution in [1.29, 1.82) is 0 Å². The second-order valence-corrected chi connectivity index (χ2v) is 5.47. The molecule has 2 atom stereocenters. The Morgan fingerprint density at radius 3 is 1.57 bits per heavy atom. The third-order valence-corrected chi connectivity index (χ3v) is 3.88. The van der Waals surface area contributed by atoms with Gasteiger partial charge in [-0.2, -0.15) is 0 Å². The van der Waals surface area contributed by atoms with Gasteiger partial charge < -0.3 is 9.47 Å². The highest BCUT2D eigenvalue weighted by molar-refractivity contribution is 5.94. The van der Waals surface area contributed by atoms with E-state index in [9.17, 15) is 0 Å². The van der Waals surface area contributed by atoms with Crippen LogP contribution in [0.25, 0.3) is 0 Å². The summed E-state index contributed by atoms with van der Waals surface area (Å²) in [7, 11) is 0. The lowest BCUT2D eigenvalue weighted by molar-refractivity contribution is 0.293. The van der Waals surface area contributed by atoms with Crippen molar-refractivity contribution < 1.29 is 9.47 Å². The lowest BCUT2D eigenvalue weighted by Crippen LogP contribution is -2.30. The first-order valence-electron chi connectivity index (χ1n) is 7.66. The van der Waals surface area contributed by atoms with Gasteiger partial charge >= 0.3 is 0 Å². The highest BCUT2D eigenvalue weighted by atomic mass is 16.5. The van der Waals surface area contributed by atoms with Crippen molar-refractivity contribution >= 4 is 12.0 Å². The van der Waals surface area contributed by atoms with E-state index >= 15 is 0 Å². The number of amidine groups is 2. The quantitative estimate of drug-likeness (QED) is 0.928. The van der Waals surface area contributed by atoms with Gasteiger partial charge in [-0.15, -0.1) is 0 Å². The van der Waals surface area contributed by atoms with Crippen LogP contribution in [-0.2, 0) is 9.47 Å². The first-order chi connectivity index (χ1) is 11.4. The summed E-state index contributed by atoms with van der Waals surface area (Å²) in [5, 5.41) is 3.03. The van der Waals surface area contributed by atoms with E-state index in [4.69, 9.17) is 9.47 Å². The molecule has 0 aromatic heterocycles. The minimum absolute atomic E-state index is 0.0191. The molecule has 4 rings (SSSR count). The van der Waals surface area contributed by atoms with Crippen molar-refractivity contribution in [2.24, 2.45) is 9.98 Å². The fraction of sp³-hybridized carbons (Fsp3) is 0.222. The summed E-state index contributed by atoms with van der Waals surface area (Å²) in [5.41, 5.74) is 2.28. The van der Waals surface area contributed by atoms with Crippen LogP contribution in [0.15, 0.2) is 70.6 Å². The highest BCUT2D eigenvalue weighted by Crippen LogP contribution is 2.24. The summed E-state index contributed by atoms with van der Waals surface area (Å²) in [6.07, 6.45) is 0. The SMILES string of the molecule is c1ccc(C2COC(NC3=NC(c4ccccc4)CO3)=N2)cc1. The van der Waals surface area contributed by atoms with Gasteiger partial charge in [0.05, 0.1) is 0 Å². The standard InChI is InChI=1S/C18H17N3O2/c1-3-7-13(8-4-1)15-11-22-17(19-15)21-18-20-16(12-23-18)14-9-5-2-6-10-14/h1-10,15-16H,11-12H2,(H,19,20,21). The predicted molar refractivity (Wildman–Crippen MR) is 88.3 cm³/mol. The maximum Gasteiger partial charge on any atom is 0.293 e. The minimum atomic E-state index is 0.0191. The number of aliphatic imine (C=N–C) groups is 2. The molecule has 0 spiro atoms. The number of hydrogen-bond donors (Lipinski definition) is 1. The van der Waals surface area contributed by atoms with E-state index in [0.29, 0.717) is 25.3 Å². The van der Waals surface area contributed by atoms with Crippen molar-refractivity contribution in [3.05, 3.63) is 71.8 Å². The lowest BCUT2D eigenvalue weighted by atomic mass is 10.1. The van der Waals surface area contributed by atoms with Gasteiger partial charge in [0.1, 0.15) is 25.3 Å². The molecule has 0 bridgehead atoms. The molecule has 5 nitrogen and oxygen atoms in total. The minimum Gasteiger partial charge on any atom is -0.462 e. The number of rotatable bonds is 2. The Kier molecular flexibility index (Phi) is 3.68. The first kappa shape index (κ1) is 13.8. The van der Waals surface area contributed by atoms with Crippen LogP contribution in [0.5, 0.6) is 0 Å². The zero-order valence-corrected chi connectivity index (χ0v) is 12.6. The molecule has 23 heavy (non-hydrogen) atoms. The lowest BCUT2D eigenvalue weighted by Gasteiger charge is -2.03. The Bertz CT molecular complexity index is 665. The van der Waals surface area contributed by atoms with Crippen molar-refractivity contribution in [2.75, 3.05) is 13.2 Å². The van der Waals surface area contributed by atoms with E-state index in [2.05, 4.69) is 39.6 Å². The summed E-state index contributed by atoms with van der Waals surface area (Å²) in [6, 6.07) is 21.2. The molecule has 2 aromatic carbocycles. The smallest absolute Gasteiger partial charge is 0.293 e. The molecule has 116 valence electrons. The van der Waals surface area contributed by atoms with Gasteiger partial charge in [-0.05, 0) is 11.1 Å².